The lowest BCUT2D eigenvalue weighted by molar-refractivity contribution is -0.149. The smallest absolute Gasteiger partial charge is 0.336 e. The molecule has 0 fully saturated rings. The second-order valence-corrected chi connectivity index (χ2v) is 5.78. The molecule has 0 spiro atoms. The number of sulfonamides is 1. The summed E-state index contributed by atoms with van der Waals surface area (Å²) in [5.41, 5.74) is 5.61. The van der Waals surface area contributed by atoms with Crippen LogP contribution in [0.25, 0.3) is 0 Å². The van der Waals surface area contributed by atoms with Crippen LogP contribution < -0.4 is 10.5 Å². The zero-order chi connectivity index (χ0) is 15.5. The van der Waals surface area contributed by atoms with Gasteiger partial charge in [-0.2, -0.15) is 0 Å². The van der Waals surface area contributed by atoms with Crippen LogP contribution in [0.4, 0.5) is 10.1 Å². The van der Waals surface area contributed by atoms with Crippen LogP contribution in [-0.4, -0.2) is 39.3 Å². The first-order valence-electron chi connectivity index (χ1n) is 5.50. The van der Waals surface area contributed by atoms with Crippen molar-refractivity contribution < 1.29 is 27.4 Å². The summed E-state index contributed by atoms with van der Waals surface area (Å²) in [6.45, 7) is 0.819. The van der Waals surface area contributed by atoms with Crippen molar-refractivity contribution in [3.63, 3.8) is 0 Å². The lowest BCUT2D eigenvalue weighted by Gasteiger charge is -2.11. The number of benzene rings is 1. The molecule has 1 aromatic rings. The molecule has 7 nitrogen and oxygen atoms in total. The van der Waals surface area contributed by atoms with Gasteiger partial charge in [0.15, 0.2) is 6.10 Å². The summed E-state index contributed by atoms with van der Waals surface area (Å²) in [4.78, 5) is 10.5. The summed E-state index contributed by atoms with van der Waals surface area (Å²) in [5.74, 6) is -1.75. The lowest BCUT2D eigenvalue weighted by atomic mass is 10.2. The van der Waals surface area contributed by atoms with Crippen LogP contribution in [0.3, 0.4) is 0 Å². The number of hydrogen-bond acceptors (Lipinski definition) is 6. The Hall–Kier alpha value is -1.71. The molecule has 0 saturated heterocycles. The van der Waals surface area contributed by atoms with Crippen LogP contribution in [0.2, 0.25) is 0 Å². The molecule has 1 unspecified atom stereocenters. The van der Waals surface area contributed by atoms with E-state index in [1.807, 2.05) is 4.72 Å². The molecule has 0 aliphatic carbocycles. The number of halogens is 1. The number of ether oxygens (including phenoxy) is 1. The third kappa shape index (κ3) is 3.65. The molecule has 0 bridgehead atoms. The lowest BCUT2D eigenvalue weighted by Crippen LogP contribution is -2.37. The SMILES string of the molecule is COC(=O)C(O)CNS(=O)(=O)c1cc(N)c(C)c(F)c1. The summed E-state index contributed by atoms with van der Waals surface area (Å²) >= 11 is 0. The van der Waals surface area contributed by atoms with Crippen LogP contribution >= 0.6 is 0 Å². The molecule has 4 N–H and O–H groups in total. The fourth-order valence-electron chi connectivity index (χ4n) is 1.32. The molecule has 0 aromatic heterocycles. The maximum absolute atomic E-state index is 13.5. The Morgan fingerprint density at radius 1 is 1.55 bits per heavy atom. The minimum atomic E-state index is -4.10. The van der Waals surface area contributed by atoms with E-state index in [1.165, 1.54) is 6.92 Å². The molecule has 0 radical (unpaired) electrons. The predicted octanol–water partition coefficient (Wildman–Crippen LogP) is -0.471. The van der Waals surface area contributed by atoms with E-state index in [2.05, 4.69) is 4.74 Å². The first kappa shape index (κ1) is 16.3. The van der Waals surface area contributed by atoms with Crippen molar-refractivity contribution in [1.29, 1.82) is 0 Å². The highest BCUT2D eigenvalue weighted by atomic mass is 32.2. The standard InChI is InChI=1S/C11H15FN2O5S/c1-6-8(12)3-7(4-9(6)13)20(17,18)14-5-10(15)11(16)19-2/h3-4,10,14-15H,5,13H2,1-2H3. The molecule has 1 aromatic carbocycles. The van der Waals surface area contributed by atoms with E-state index in [4.69, 9.17) is 5.73 Å². The van der Waals surface area contributed by atoms with Crippen molar-refractivity contribution in [2.75, 3.05) is 19.4 Å². The molecule has 112 valence electrons. The molecule has 0 heterocycles. The molecule has 1 rings (SSSR count). The van der Waals surface area contributed by atoms with Crippen molar-refractivity contribution in [3.05, 3.63) is 23.5 Å². The maximum Gasteiger partial charge on any atom is 0.336 e. The molecular formula is C11H15FN2O5S. The van der Waals surface area contributed by atoms with Crippen molar-refractivity contribution >= 4 is 21.7 Å². The first-order chi connectivity index (χ1) is 9.19. The number of nitrogens with two attached hydrogens (primary N) is 1. The Morgan fingerprint density at radius 3 is 2.65 bits per heavy atom. The van der Waals surface area contributed by atoms with Crippen LogP contribution in [0.15, 0.2) is 17.0 Å². The molecule has 0 aliphatic rings. The number of carbonyl (C=O) groups is 1. The first-order valence-corrected chi connectivity index (χ1v) is 6.98. The highest BCUT2D eigenvalue weighted by Gasteiger charge is 2.22. The number of methoxy groups -OCH3 is 1. The van der Waals surface area contributed by atoms with Gasteiger partial charge in [-0.3, -0.25) is 0 Å². The zero-order valence-electron chi connectivity index (χ0n) is 10.9. The third-order valence-corrected chi connectivity index (χ3v) is 4.01. The largest absolute Gasteiger partial charge is 0.467 e. The van der Waals surface area contributed by atoms with E-state index in [1.54, 1.807) is 0 Å². The Kier molecular flexibility index (Phi) is 5.03. The second-order valence-electron chi connectivity index (χ2n) is 4.01. The number of esters is 1. The number of nitrogen functional groups attached to an aromatic ring is 1. The van der Waals surface area contributed by atoms with Crippen molar-refractivity contribution in [3.8, 4) is 0 Å². The van der Waals surface area contributed by atoms with E-state index < -0.39 is 39.4 Å². The second kappa shape index (κ2) is 6.16. The number of aliphatic hydroxyl groups is 1. The summed E-state index contributed by atoms with van der Waals surface area (Å²) in [6, 6.07) is 1.89. The molecule has 1 atom stereocenters. The highest BCUT2D eigenvalue weighted by Crippen LogP contribution is 2.20. The molecule has 0 amide bonds. The predicted molar refractivity (Wildman–Crippen MR) is 68.8 cm³/mol. The summed E-state index contributed by atoms with van der Waals surface area (Å²) in [5, 5.41) is 9.28. The minimum absolute atomic E-state index is 0.0149. The number of nitrogens with one attached hydrogen (secondary N) is 1. The highest BCUT2D eigenvalue weighted by molar-refractivity contribution is 7.89. The fraction of sp³-hybridized carbons (Fsp3) is 0.364. The normalized spacial score (nSPS) is 13.0. The number of hydrogen-bond donors (Lipinski definition) is 3. The van der Waals surface area contributed by atoms with E-state index >= 15 is 0 Å². The third-order valence-electron chi connectivity index (χ3n) is 2.61. The fourth-order valence-corrected chi connectivity index (χ4v) is 2.41. The van der Waals surface area contributed by atoms with Gasteiger partial charge in [0.1, 0.15) is 5.82 Å². The molecule has 20 heavy (non-hydrogen) atoms. The Morgan fingerprint density at radius 2 is 2.15 bits per heavy atom. The van der Waals surface area contributed by atoms with Gasteiger partial charge in [-0.25, -0.2) is 22.3 Å². The molecular weight excluding hydrogens is 291 g/mol. The van der Waals surface area contributed by atoms with Crippen LogP contribution in [0, 0.1) is 12.7 Å². The van der Waals surface area contributed by atoms with Gasteiger partial charge in [0.05, 0.1) is 12.0 Å². The van der Waals surface area contributed by atoms with Crippen LogP contribution in [0.5, 0.6) is 0 Å². The Bertz CT molecular complexity index is 594. The van der Waals surface area contributed by atoms with Crippen molar-refractivity contribution in [1.82, 2.24) is 4.72 Å². The summed E-state index contributed by atoms with van der Waals surface area (Å²) in [7, 11) is -3.04. The van der Waals surface area contributed by atoms with Crippen LogP contribution in [-0.2, 0) is 19.6 Å². The van der Waals surface area contributed by atoms with E-state index in [-0.39, 0.29) is 11.3 Å². The van der Waals surface area contributed by atoms with E-state index in [0.717, 1.165) is 19.2 Å². The van der Waals surface area contributed by atoms with E-state index in [9.17, 15) is 22.7 Å². The van der Waals surface area contributed by atoms with Gasteiger partial charge >= 0.3 is 5.97 Å². The quantitative estimate of drug-likeness (QED) is 0.500. The van der Waals surface area contributed by atoms with Gasteiger partial charge in [0, 0.05) is 17.8 Å². The van der Waals surface area contributed by atoms with Gasteiger partial charge in [-0.15, -0.1) is 0 Å². The molecule has 9 heteroatoms. The molecule has 0 saturated carbocycles. The van der Waals surface area contributed by atoms with Gasteiger partial charge in [0.2, 0.25) is 10.0 Å². The number of carbonyl (C=O) groups excluding carboxylic acids is 1. The van der Waals surface area contributed by atoms with Gasteiger partial charge < -0.3 is 15.6 Å². The Labute approximate surface area is 115 Å². The molecule has 0 aliphatic heterocycles. The monoisotopic (exact) mass is 306 g/mol. The van der Waals surface area contributed by atoms with Gasteiger partial charge in [-0.1, -0.05) is 0 Å². The number of aliphatic hydroxyl groups excluding tert-OH is 1. The zero-order valence-corrected chi connectivity index (χ0v) is 11.7. The number of rotatable bonds is 5. The Balaban J connectivity index is 2.92. The van der Waals surface area contributed by atoms with Gasteiger partial charge in [0.25, 0.3) is 0 Å². The van der Waals surface area contributed by atoms with Crippen LogP contribution in [0.1, 0.15) is 5.56 Å². The average molecular weight is 306 g/mol. The minimum Gasteiger partial charge on any atom is -0.467 e. The summed E-state index contributed by atoms with van der Waals surface area (Å²) in [6.07, 6.45) is -1.65. The topological polar surface area (TPSA) is 119 Å². The average Bonchev–Trinajstić information content (AvgIpc) is 2.40. The summed E-state index contributed by atoms with van der Waals surface area (Å²) < 4.78 is 43.4. The van der Waals surface area contributed by atoms with Crippen molar-refractivity contribution in [2.24, 2.45) is 0 Å². The van der Waals surface area contributed by atoms with Gasteiger partial charge in [-0.05, 0) is 19.1 Å². The van der Waals surface area contributed by atoms with Crippen molar-refractivity contribution in [2.45, 2.75) is 17.9 Å². The maximum atomic E-state index is 13.5. The van der Waals surface area contributed by atoms with E-state index in [0.29, 0.717) is 0 Å². The number of anilines is 1.